The second-order valence-electron chi connectivity index (χ2n) is 6.83. The lowest BCUT2D eigenvalue weighted by atomic mass is 10.1. The molecule has 1 atom stereocenters. The van der Waals surface area contributed by atoms with Gasteiger partial charge in [0.05, 0.1) is 12.0 Å². The van der Waals surface area contributed by atoms with Crippen molar-refractivity contribution in [1.82, 2.24) is 4.31 Å². The molecule has 0 radical (unpaired) electrons. The van der Waals surface area contributed by atoms with Gasteiger partial charge in [0.15, 0.2) is 0 Å². The molecule has 0 spiro atoms. The Morgan fingerprint density at radius 3 is 2.52 bits per heavy atom. The van der Waals surface area contributed by atoms with Gasteiger partial charge < -0.3 is 10.1 Å². The second-order valence-corrected chi connectivity index (χ2v) is 9.08. The van der Waals surface area contributed by atoms with Gasteiger partial charge in [-0.15, -0.1) is 0 Å². The first-order valence-electron chi connectivity index (χ1n) is 8.94. The molecule has 29 heavy (non-hydrogen) atoms. The number of hydrogen-bond donors (Lipinski definition) is 1. The quantitative estimate of drug-likeness (QED) is 0.776. The maximum atomic E-state index is 13.1. The average Bonchev–Trinajstić information content (AvgIpc) is 3.06. The first kappa shape index (κ1) is 21.1. The molecule has 3 rings (SSSR count). The van der Waals surface area contributed by atoms with Gasteiger partial charge in [-0.3, -0.25) is 9.59 Å². The summed E-state index contributed by atoms with van der Waals surface area (Å²) in [4.78, 5) is 25.2. The van der Waals surface area contributed by atoms with Gasteiger partial charge >= 0.3 is 0 Å². The van der Waals surface area contributed by atoms with Crippen LogP contribution in [0.5, 0.6) is 5.75 Å². The summed E-state index contributed by atoms with van der Waals surface area (Å²) < 4.78 is 32.1. The number of aryl methyl sites for hydroxylation is 2. The van der Waals surface area contributed by atoms with E-state index < -0.39 is 27.9 Å². The van der Waals surface area contributed by atoms with E-state index in [1.165, 1.54) is 25.3 Å². The van der Waals surface area contributed by atoms with Gasteiger partial charge in [0.25, 0.3) is 10.0 Å². The van der Waals surface area contributed by atoms with Crippen molar-refractivity contribution < 1.29 is 22.7 Å². The van der Waals surface area contributed by atoms with Crippen molar-refractivity contribution in [1.29, 1.82) is 0 Å². The van der Waals surface area contributed by atoms with E-state index in [1.54, 1.807) is 32.0 Å². The highest BCUT2D eigenvalue weighted by atomic mass is 35.5. The molecule has 0 aliphatic carbocycles. The standard InChI is InChI=1S/C20H21ClN2O5S/c1-12-10-14(21)4-6-16(12)22-20(25)17-7-9-19(24)23(17)29(26,27)15-5-8-18(28-3)13(2)11-15/h4-6,8,10-11,17H,7,9H2,1-3H3,(H,22,25)/t17-/m1/s1. The molecular formula is C20H21ClN2O5S. The molecule has 0 unspecified atom stereocenters. The van der Waals surface area contributed by atoms with Gasteiger partial charge in [-0.1, -0.05) is 11.6 Å². The number of hydrogen-bond acceptors (Lipinski definition) is 5. The van der Waals surface area contributed by atoms with E-state index in [0.717, 1.165) is 5.56 Å². The van der Waals surface area contributed by atoms with E-state index in [0.29, 0.717) is 26.3 Å². The smallest absolute Gasteiger partial charge is 0.267 e. The van der Waals surface area contributed by atoms with E-state index in [-0.39, 0.29) is 17.7 Å². The highest BCUT2D eigenvalue weighted by molar-refractivity contribution is 7.89. The number of halogens is 1. The molecule has 1 heterocycles. The predicted octanol–water partition coefficient (Wildman–Crippen LogP) is 3.28. The largest absolute Gasteiger partial charge is 0.496 e. The van der Waals surface area contributed by atoms with Crippen LogP contribution in [-0.4, -0.2) is 37.7 Å². The second kappa shape index (κ2) is 8.04. The Bertz CT molecular complexity index is 1080. The molecule has 0 saturated carbocycles. The molecule has 1 fully saturated rings. The van der Waals surface area contributed by atoms with Gasteiger partial charge in [0.2, 0.25) is 11.8 Å². The molecule has 7 nitrogen and oxygen atoms in total. The lowest BCUT2D eigenvalue weighted by molar-refractivity contribution is -0.128. The highest BCUT2D eigenvalue weighted by Crippen LogP contribution is 2.31. The number of anilines is 1. The van der Waals surface area contributed by atoms with Crippen molar-refractivity contribution in [2.24, 2.45) is 0 Å². The summed E-state index contributed by atoms with van der Waals surface area (Å²) >= 11 is 5.93. The fourth-order valence-electron chi connectivity index (χ4n) is 3.31. The summed E-state index contributed by atoms with van der Waals surface area (Å²) in [6, 6.07) is 8.14. The van der Waals surface area contributed by atoms with Crippen molar-refractivity contribution >= 4 is 39.1 Å². The van der Waals surface area contributed by atoms with Crippen LogP contribution < -0.4 is 10.1 Å². The number of rotatable bonds is 5. The van der Waals surface area contributed by atoms with Crippen molar-refractivity contribution in [3.05, 3.63) is 52.5 Å². The lowest BCUT2D eigenvalue weighted by Crippen LogP contribution is -2.45. The number of nitrogens with one attached hydrogen (secondary N) is 1. The molecule has 2 amide bonds. The summed E-state index contributed by atoms with van der Waals surface area (Å²) in [6.07, 6.45) is 0.0950. The SMILES string of the molecule is COc1ccc(S(=O)(=O)N2C(=O)CC[C@@H]2C(=O)Nc2ccc(Cl)cc2C)cc1C. The highest BCUT2D eigenvalue weighted by Gasteiger charge is 2.44. The zero-order chi connectivity index (χ0) is 21.3. The molecule has 2 aromatic carbocycles. The zero-order valence-electron chi connectivity index (χ0n) is 16.2. The van der Waals surface area contributed by atoms with Crippen LogP contribution in [0.15, 0.2) is 41.3 Å². The lowest BCUT2D eigenvalue weighted by Gasteiger charge is -2.24. The molecule has 154 valence electrons. The molecule has 1 N–H and O–H groups in total. The Balaban J connectivity index is 1.91. The monoisotopic (exact) mass is 436 g/mol. The Morgan fingerprint density at radius 1 is 1.17 bits per heavy atom. The number of ether oxygens (including phenoxy) is 1. The number of amides is 2. The summed E-state index contributed by atoms with van der Waals surface area (Å²) in [7, 11) is -2.71. The first-order chi connectivity index (χ1) is 13.6. The Morgan fingerprint density at radius 2 is 1.90 bits per heavy atom. The van der Waals surface area contributed by atoms with Crippen LogP contribution >= 0.6 is 11.6 Å². The molecule has 1 aliphatic rings. The van der Waals surface area contributed by atoms with Crippen molar-refractivity contribution in [3.8, 4) is 5.75 Å². The fraction of sp³-hybridized carbons (Fsp3) is 0.300. The van der Waals surface area contributed by atoms with Gasteiger partial charge in [-0.2, -0.15) is 0 Å². The molecule has 1 saturated heterocycles. The van der Waals surface area contributed by atoms with Crippen LogP contribution in [0.3, 0.4) is 0 Å². The van der Waals surface area contributed by atoms with Crippen LogP contribution in [0.25, 0.3) is 0 Å². The summed E-state index contributed by atoms with van der Waals surface area (Å²) in [6.45, 7) is 3.48. The third kappa shape index (κ3) is 4.09. The Labute approximate surface area is 174 Å². The van der Waals surface area contributed by atoms with Crippen LogP contribution in [0.2, 0.25) is 5.02 Å². The Hall–Kier alpha value is -2.58. The number of carbonyl (C=O) groups excluding carboxylic acids is 2. The maximum Gasteiger partial charge on any atom is 0.267 e. The van der Waals surface area contributed by atoms with Gasteiger partial charge in [-0.25, -0.2) is 12.7 Å². The number of benzene rings is 2. The molecule has 2 aromatic rings. The first-order valence-corrected chi connectivity index (χ1v) is 10.8. The third-order valence-electron chi connectivity index (χ3n) is 4.83. The van der Waals surface area contributed by atoms with Crippen molar-refractivity contribution in [2.75, 3.05) is 12.4 Å². The number of sulfonamides is 1. The Kier molecular flexibility index (Phi) is 5.86. The van der Waals surface area contributed by atoms with Gasteiger partial charge in [0.1, 0.15) is 11.8 Å². The number of nitrogens with zero attached hydrogens (tertiary/aromatic N) is 1. The normalized spacial score (nSPS) is 16.8. The number of methoxy groups -OCH3 is 1. The topological polar surface area (TPSA) is 92.8 Å². The van der Waals surface area contributed by atoms with E-state index in [4.69, 9.17) is 16.3 Å². The van der Waals surface area contributed by atoms with Crippen molar-refractivity contribution in [3.63, 3.8) is 0 Å². The van der Waals surface area contributed by atoms with E-state index >= 15 is 0 Å². The van der Waals surface area contributed by atoms with Gasteiger partial charge in [-0.05, 0) is 67.8 Å². The van der Waals surface area contributed by atoms with E-state index in [1.807, 2.05) is 0 Å². The maximum absolute atomic E-state index is 13.1. The minimum Gasteiger partial charge on any atom is -0.496 e. The fourth-order valence-corrected chi connectivity index (χ4v) is 5.22. The predicted molar refractivity (Wildman–Crippen MR) is 110 cm³/mol. The third-order valence-corrected chi connectivity index (χ3v) is 6.89. The van der Waals surface area contributed by atoms with E-state index in [2.05, 4.69) is 5.32 Å². The van der Waals surface area contributed by atoms with Crippen molar-refractivity contribution in [2.45, 2.75) is 37.6 Å². The van der Waals surface area contributed by atoms with Crippen LogP contribution in [0, 0.1) is 13.8 Å². The van der Waals surface area contributed by atoms with Crippen LogP contribution in [-0.2, 0) is 19.6 Å². The van der Waals surface area contributed by atoms with Gasteiger partial charge in [0, 0.05) is 17.1 Å². The summed E-state index contributed by atoms with van der Waals surface area (Å²) in [5, 5.41) is 3.23. The minimum absolute atomic E-state index is 0.0218. The molecule has 0 bridgehead atoms. The number of carbonyl (C=O) groups is 2. The zero-order valence-corrected chi connectivity index (χ0v) is 17.8. The summed E-state index contributed by atoms with van der Waals surface area (Å²) in [5.74, 6) is -0.634. The van der Waals surface area contributed by atoms with E-state index in [9.17, 15) is 18.0 Å². The summed E-state index contributed by atoms with van der Waals surface area (Å²) in [5.41, 5.74) is 1.85. The molecule has 9 heteroatoms. The van der Waals surface area contributed by atoms with Crippen LogP contribution in [0.4, 0.5) is 5.69 Å². The molecule has 1 aliphatic heterocycles. The molecule has 0 aromatic heterocycles. The molecular weight excluding hydrogens is 416 g/mol. The van der Waals surface area contributed by atoms with Crippen LogP contribution in [0.1, 0.15) is 24.0 Å². The minimum atomic E-state index is -4.19. The average molecular weight is 437 g/mol.